The van der Waals surface area contributed by atoms with Gasteiger partial charge in [-0.15, -0.1) is 0 Å². The van der Waals surface area contributed by atoms with Crippen molar-refractivity contribution in [3.63, 3.8) is 0 Å². The van der Waals surface area contributed by atoms with Gasteiger partial charge in [-0.25, -0.2) is 4.98 Å². The first-order valence-electron chi connectivity index (χ1n) is 7.55. The van der Waals surface area contributed by atoms with Crippen LogP contribution in [0.2, 0.25) is 0 Å². The van der Waals surface area contributed by atoms with Gasteiger partial charge in [0.1, 0.15) is 5.76 Å². The summed E-state index contributed by atoms with van der Waals surface area (Å²) in [5.74, 6) is 1.44. The minimum absolute atomic E-state index is 0.0112. The number of hydrogen-bond acceptors (Lipinski definition) is 5. The maximum absolute atomic E-state index is 9.81. The van der Waals surface area contributed by atoms with Crippen molar-refractivity contribution in [1.29, 1.82) is 0 Å². The van der Waals surface area contributed by atoms with Crippen LogP contribution in [0.25, 0.3) is 0 Å². The van der Waals surface area contributed by atoms with Crippen LogP contribution in [0, 0.1) is 6.92 Å². The van der Waals surface area contributed by atoms with Crippen molar-refractivity contribution in [2.24, 2.45) is 0 Å². The number of unbranched alkanes of at least 4 members (excludes halogenated alkanes) is 3. The quantitative estimate of drug-likeness (QED) is 0.611. The first kappa shape index (κ1) is 17.1. The number of aromatic nitrogens is 1. The Balaban J connectivity index is 2.06. The molecule has 1 aromatic rings. The molecule has 1 aromatic heterocycles. The van der Waals surface area contributed by atoms with Crippen LogP contribution in [-0.2, 0) is 4.74 Å². The second-order valence-corrected chi connectivity index (χ2v) is 5.23. The fourth-order valence-electron chi connectivity index (χ4n) is 1.88. The summed E-state index contributed by atoms with van der Waals surface area (Å²) in [6, 6.07) is -0.0112. The Kier molecular flexibility index (Phi) is 8.49. The Bertz CT molecular complexity index is 355. The zero-order valence-corrected chi connectivity index (χ0v) is 12.9. The zero-order valence-electron chi connectivity index (χ0n) is 12.9. The van der Waals surface area contributed by atoms with E-state index >= 15 is 0 Å². The molecule has 2 unspecified atom stereocenters. The highest BCUT2D eigenvalue weighted by Crippen LogP contribution is 2.11. The summed E-state index contributed by atoms with van der Waals surface area (Å²) in [4.78, 5) is 4.16. The summed E-state index contributed by atoms with van der Waals surface area (Å²) >= 11 is 0. The number of rotatable bonds is 11. The van der Waals surface area contributed by atoms with Crippen molar-refractivity contribution in [3.8, 4) is 0 Å². The molecule has 0 bridgehead atoms. The third-order valence-corrected chi connectivity index (χ3v) is 3.12. The van der Waals surface area contributed by atoms with Crippen molar-refractivity contribution in [2.45, 2.75) is 58.6 Å². The highest BCUT2D eigenvalue weighted by atomic mass is 16.5. The van der Waals surface area contributed by atoms with Gasteiger partial charge in [0.05, 0.1) is 24.9 Å². The van der Waals surface area contributed by atoms with Crippen molar-refractivity contribution < 1.29 is 14.3 Å². The molecule has 0 aromatic carbocycles. The van der Waals surface area contributed by atoms with E-state index in [1.807, 2.05) is 13.8 Å². The van der Waals surface area contributed by atoms with Gasteiger partial charge in [0, 0.05) is 13.2 Å². The third kappa shape index (κ3) is 7.03. The maximum atomic E-state index is 9.81. The minimum Gasteiger partial charge on any atom is -0.444 e. The minimum atomic E-state index is -0.500. The lowest BCUT2D eigenvalue weighted by Crippen LogP contribution is -2.32. The van der Waals surface area contributed by atoms with Gasteiger partial charge < -0.3 is 19.6 Å². The van der Waals surface area contributed by atoms with Crippen LogP contribution in [0.3, 0.4) is 0 Å². The Morgan fingerprint density at radius 1 is 1.40 bits per heavy atom. The van der Waals surface area contributed by atoms with Crippen LogP contribution in [0.1, 0.15) is 57.2 Å². The van der Waals surface area contributed by atoms with E-state index in [9.17, 15) is 5.11 Å². The molecule has 0 aliphatic rings. The van der Waals surface area contributed by atoms with E-state index in [0.717, 1.165) is 18.8 Å². The summed E-state index contributed by atoms with van der Waals surface area (Å²) < 4.78 is 10.9. The smallest absolute Gasteiger partial charge is 0.211 e. The van der Waals surface area contributed by atoms with Gasteiger partial charge >= 0.3 is 0 Å². The molecule has 1 heterocycles. The second-order valence-electron chi connectivity index (χ2n) is 5.23. The molecule has 0 amide bonds. The molecule has 0 spiro atoms. The first-order chi connectivity index (χ1) is 9.63. The lowest BCUT2D eigenvalue weighted by atomic mass is 10.2. The van der Waals surface area contributed by atoms with E-state index in [4.69, 9.17) is 9.15 Å². The van der Waals surface area contributed by atoms with Crippen LogP contribution in [0.5, 0.6) is 0 Å². The largest absolute Gasteiger partial charge is 0.444 e. The van der Waals surface area contributed by atoms with Gasteiger partial charge in [-0.2, -0.15) is 0 Å². The molecule has 0 radical (unpaired) electrons. The molecule has 20 heavy (non-hydrogen) atoms. The summed E-state index contributed by atoms with van der Waals surface area (Å²) in [5.41, 5.74) is 0. The summed E-state index contributed by atoms with van der Waals surface area (Å²) in [5, 5.41) is 13.0. The van der Waals surface area contributed by atoms with Gasteiger partial charge in [-0.3, -0.25) is 0 Å². The maximum Gasteiger partial charge on any atom is 0.211 e. The van der Waals surface area contributed by atoms with Gasteiger partial charge in [-0.1, -0.05) is 26.2 Å². The highest BCUT2D eigenvalue weighted by Gasteiger charge is 2.12. The van der Waals surface area contributed by atoms with Gasteiger partial charge in [0.25, 0.3) is 0 Å². The molecule has 2 atom stereocenters. The number of aliphatic hydroxyl groups is 1. The van der Waals surface area contributed by atoms with Crippen LogP contribution in [0.15, 0.2) is 10.6 Å². The van der Waals surface area contributed by atoms with E-state index < -0.39 is 6.10 Å². The number of aliphatic hydroxyl groups excluding tert-OH is 1. The Morgan fingerprint density at radius 2 is 2.20 bits per heavy atom. The normalized spacial score (nSPS) is 14.4. The molecular formula is C15H28N2O3. The third-order valence-electron chi connectivity index (χ3n) is 3.12. The number of aryl methyl sites for hydroxylation is 1. The lowest BCUT2D eigenvalue weighted by Gasteiger charge is -2.15. The molecule has 5 heteroatoms. The molecule has 0 saturated carbocycles. The Morgan fingerprint density at radius 3 is 2.85 bits per heavy atom. The Labute approximate surface area is 121 Å². The van der Waals surface area contributed by atoms with Crippen LogP contribution < -0.4 is 5.32 Å². The molecule has 2 N–H and O–H groups in total. The van der Waals surface area contributed by atoms with Crippen molar-refractivity contribution in [1.82, 2.24) is 10.3 Å². The van der Waals surface area contributed by atoms with Crippen LogP contribution in [-0.4, -0.2) is 36.0 Å². The van der Waals surface area contributed by atoms with Crippen molar-refractivity contribution in [3.05, 3.63) is 17.8 Å². The number of nitrogens with one attached hydrogen (secondary N) is 1. The van der Waals surface area contributed by atoms with Gasteiger partial charge in [-0.05, 0) is 20.3 Å². The molecule has 5 nitrogen and oxygen atoms in total. The molecule has 0 fully saturated rings. The summed E-state index contributed by atoms with van der Waals surface area (Å²) in [6.07, 6.45) is 5.94. The van der Waals surface area contributed by atoms with E-state index in [1.54, 1.807) is 6.20 Å². The first-order valence-corrected chi connectivity index (χ1v) is 7.55. The van der Waals surface area contributed by atoms with E-state index in [0.29, 0.717) is 19.0 Å². The van der Waals surface area contributed by atoms with E-state index in [1.165, 1.54) is 19.3 Å². The Hall–Kier alpha value is -0.910. The van der Waals surface area contributed by atoms with E-state index in [-0.39, 0.29) is 6.04 Å². The van der Waals surface area contributed by atoms with E-state index in [2.05, 4.69) is 17.2 Å². The summed E-state index contributed by atoms with van der Waals surface area (Å²) in [7, 11) is 0. The lowest BCUT2D eigenvalue weighted by molar-refractivity contribution is 0.0340. The molecule has 116 valence electrons. The monoisotopic (exact) mass is 284 g/mol. The SMILES string of the molecule is CCCCCCOCC(O)CNC(C)c1ncc(C)o1. The standard InChI is InChI=1S/C15H28N2O3/c1-4-5-6-7-8-19-11-14(18)10-16-13(3)15-17-9-12(2)20-15/h9,13-14,16,18H,4-8,10-11H2,1-3H3. The average molecular weight is 284 g/mol. The van der Waals surface area contributed by atoms with Gasteiger partial charge in [0.2, 0.25) is 5.89 Å². The predicted octanol–water partition coefficient (Wildman–Crippen LogP) is 2.59. The average Bonchev–Trinajstić information content (AvgIpc) is 2.86. The number of oxazole rings is 1. The molecule has 0 aliphatic carbocycles. The fourth-order valence-corrected chi connectivity index (χ4v) is 1.88. The molecular weight excluding hydrogens is 256 g/mol. The molecule has 1 rings (SSSR count). The molecule has 0 aliphatic heterocycles. The van der Waals surface area contributed by atoms with Crippen LogP contribution >= 0.6 is 0 Å². The zero-order chi connectivity index (χ0) is 14.8. The highest BCUT2D eigenvalue weighted by molar-refractivity contribution is 4.94. The summed E-state index contributed by atoms with van der Waals surface area (Å²) in [6.45, 7) is 7.58. The van der Waals surface area contributed by atoms with Crippen molar-refractivity contribution in [2.75, 3.05) is 19.8 Å². The van der Waals surface area contributed by atoms with Gasteiger partial charge in [0.15, 0.2) is 0 Å². The van der Waals surface area contributed by atoms with Crippen LogP contribution in [0.4, 0.5) is 0 Å². The fraction of sp³-hybridized carbons (Fsp3) is 0.800. The topological polar surface area (TPSA) is 67.5 Å². The number of nitrogens with zero attached hydrogens (tertiary/aromatic N) is 1. The number of ether oxygens (including phenoxy) is 1. The van der Waals surface area contributed by atoms with Crippen molar-refractivity contribution >= 4 is 0 Å². The predicted molar refractivity (Wildman–Crippen MR) is 78.6 cm³/mol. The molecule has 0 saturated heterocycles. The number of hydrogen-bond donors (Lipinski definition) is 2. The second kappa shape index (κ2) is 9.91.